The van der Waals surface area contributed by atoms with E-state index >= 15 is 0 Å². The van der Waals surface area contributed by atoms with Crippen molar-refractivity contribution in [2.45, 2.75) is 19.1 Å². The topological polar surface area (TPSA) is 96.2 Å². The zero-order valence-electron chi connectivity index (χ0n) is 19.1. The Labute approximate surface area is 207 Å². The Morgan fingerprint density at radius 3 is 2.64 bits per heavy atom. The van der Waals surface area contributed by atoms with E-state index in [2.05, 4.69) is 32.2 Å². The van der Waals surface area contributed by atoms with Gasteiger partial charge in [-0.15, -0.1) is 0 Å². The van der Waals surface area contributed by atoms with Crippen LogP contribution in [-0.4, -0.2) is 62.7 Å². The Bertz CT molecular complexity index is 1440. The fraction of sp³-hybridized carbons (Fsp3) is 0.304. The summed E-state index contributed by atoms with van der Waals surface area (Å²) in [5.41, 5.74) is 3.16. The second-order valence-electron chi connectivity index (χ2n) is 8.36. The minimum absolute atomic E-state index is 0.344. The molecule has 2 N–H and O–H groups in total. The average Bonchev–Trinajstić information content (AvgIpc) is 3.19. The number of piperazine rings is 1. The fourth-order valence-electron chi connectivity index (χ4n) is 3.90. The normalized spacial score (nSPS) is 16.2. The van der Waals surface area contributed by atoms with E-state index in [-0.39, 0.29) is 5.82 Å². The van der Waals surface area contributed by atoms with Gasteiger partial charge >= 0.3 is 12.1 Å². The second-order valence-corrected chi connectivity index (χ2v) is 8.76. The van der Waals surface area contributed by atoms with E-state index in [0.29, 0.717) is 33.5 Å². The zero-order chi connectivity index (χ0) is 26.2. The maximum Gasteiger partial charge on any atom is 0.490 e. The van der Waals surface area contributed by atoms with Gasteiger partial charge < -0.3 is 15.3 Å². The highest BCUT2D eigenvalue weighted by atomic mass is 35.5. The molecule has 1 aromatic carbocycles. The smallest absolute Gasteiger partial charge is 0.475 e. The number of hydrogen-bond acceptors (Lipinski definition) is 6. The Morgan fingerprint density at radius 2 is 1.97 bits per heavy atom. The summed E-state index contributed by atoms with van der Waals surface area (Å²) >= 11 is 6.59. The molecule has 0 saturated carbocycles. The standard InChI is InChI=1S/C21H20ClFN6.C2HF3O2/c1-12-10-29(4-3-24-12)15-7-16-17(22)8-19(26-21(16)25-9-15)13-5-14-11-28(2)27-20(14)18(23)6-13;3-2(4,5)1(6)7/h5-9,11-12,24H,3-4,10H2,1-2H3;(H,6,7). The molecular formula is C23H21ClF4N6O2. The first-order valence-electron chi connectivity index (χ1n) is 10.8. The molecule has 1 saturated heterocycles. The summed E-state index contributed by atoms with van der Waals surface area (Å²) < 4.78 is 47.8. The SMILES string of the molecule is CC1CN(c2cnc3nc(-c4cc(F)c5nn(C)cc5c4)cc(Cl)c3c2)CCN1.O=C(O)C(F)(F)F. The maximum atomic E-state index is 14.5. The minimum Gasteiger partial charge on any atom is -0.475 e. The average molecular weight is 525 g/mol. The molecule has 1 aliphatic rings. The van der Waals surface area contributed by atoms with E-state index in [1.807, 2.05) is 18.3 Å². The van der Waals surface area contributed by atoms with Crippen molar-refractivity contribution in [3.05, 3.63) is 47.5 Å². The Hall–Kier alpha value is -3.51. The summed E-state index contributed by atoms with van der Waals surface area (Å²) in [4.78, 5) is 20.4. The Kier molecular flexibility index (Phi) is 7.01. The van der Waals surface area contributed by atoms with Crippen molar-refractivity contribution in [2.75, 3.05) is 24.5 Å². The number of benzene rings is 1. The Balaban J connectivity index is 0.000000384. The second kappa shape index (κ2) is 9.86. The van der Waals surface area contributed by atoms with Gasteiger partial charge in [0.15, 0.2) is 11.5 Å². The molecular weight excluding hydrogens is 504 g/mol. The molecule has 190 valence electrons. The number of hydrogen-bond donors (Lipinski definition) is 2. The number of aromatic nitrogens is 4. The van der Waals surface area contributed by atoms with Gasteiger partial charge in [0.25, 0.3) is 0 Å². The fourth-order valence-corrected chi connectivity index (χ4v) is 4.15. The van der Waals surface area contributed by atoms with Crippen LogP contribution in [0.5, 0.6) is 0 Å². The van der Waals surface area contributed by atoms with Gasteiger partial charge in [0.05, 0.1) is 22.6 Å². The van der Waals surface area contributed by atoms with Crippen molar-refractivity contribution in [3.63, 3.8) is 0 Å². The van der Waals surface area contributed by atoms with Crippen molar-refractivity contribution >= 4 is 45.2 Å². The maximum absolute atomic E-state index is 14.5. The number of fused-ring (bicyclic) bond motifs is 2. The van der Waals surface area contributed by atoms with Crippen LogP contribution in [0.1, 0.15) is 6.92 Å². The van der Waals surface area contributed by atoms with E-state index in [1.165, 1.54) is 6.07 Å². The molecule has 4 aromatic rings. The van der Waals surface area contributed by atoms with Gasteiger partial charge in [0, 0.05) is 55.3 Å². The Morgan fingerprint density at radius 1 is 1.25 bits per heavy atom. The number of carbonyl (C=O) groups is 1. The van der Waals surface area contributed by atoms with E-state index < -0.39 is 12.1 Å². The monoisotopic (exact) mass is 524 g/mol. The molecule has 13 heteroatoms. The first kappa shape index (κ1) is 25.6. The quantitative estimate of drug-likeness (QED) is 0.375. The summed E-state index contributed by atoms with van der Waals surface area (Å²) in [6.07, 6.45) is -1.47. The minimum atomic E-state index is -5.08. The predicted octanol–water partition coefficient (Wildman–Crippen LogP) is 4.41. The summed E-state index contributed by atoms with van der Waals surface area (Å²) in [7, 11) is 1.77. The van der Waals surface area contributed by atoms with Crippen molar-refractivity contribution in [2.24, 2.45) is 7.05 Å². The van der Waals surface area contributed by atoms with Crippen molar-refractivity contribution in [1.29, 1.82) is 0 Å². The molecule has 36 heavy (non-hydrogen) atoms. The lowest BCUT2D eigenvalue weighted by atomic mass is 10.1. The number of rotatable bonds is 2. The lowest BCUT2D eigenvalue weighted by Crippen LogP contribution is -2.49. The molecule has 0 amide bonds. The molecule has 1 aliphatic heterocycles. The number of pyridine rings is 2. The van der Waals surface area contributed by atoms with Crippen LogP contribution < -0.4 is 10.2 Å². The van der Waals surface area contributed by atoms with Gasteiger partial charge in [0.2, 0.25) is 0 Å². The molecule has 0 radical (unpaired) electrons. The van der Waals surface area contributed by atoms with Crippen LogP contribution >= 0.6 is 11.6 Å². The van der Waals surface area contributed by atoms with Gasteiger partial charge in [-0.1, -0.05) is 11.6 Å². The number of nitrogens with one attached hydrogen (secondary N) is 1. The van der Waals surface area contributed by atoms with Gasteiger partial charge in [-0.2, -0.15) is 18.3 Å². The van der Waals surface area contributed by atoms with Crippen LogP contribution in [-0.2, 0) is 11.8 Å². The molecule has 0 bridgehead atoms. The summed E-state index contributed by atoms with van der Waals surface area (Å²) in [5, 5.41) is 16.8. The number of nitrogens with zero attached hydrogens (tertiary/aromatic N) is 5. The summed E-state index contributed by atoms with van der Waals surface area (Å²) in [6.45, 7) is 4.94. The lowest BCUT2D eigenvalue weighted by Gasteiger charge is -2.33. The van der Waals surface area contributed by atoms with E-state index in [4.69, 9.17) is 21.5 Å². The molecule has 1 fully saturated rings. The van der Waals surface area contributed by atoms with Gasteiger partial charge in [-0.3, -0.25) is 4.68 Å². The van der Waals surface area contributed by atoms with Crippen LogP contribution in [0, 0.1) is 5.82 Å². The van der Waals surface area contributed by atoms with Crippen molar-refractivity contribution in [1.82, 2.24) is 25.1 Å². The number of aliphatic carboxylic acids is 1. The predicted molar refractivity (Wildman–Crippen MR) is 128 cm³/mol. The van der Waals surface area contributed by atoms with E-state index in [0.717, 1.165) is 36.1 Å². The largest absolute Gasteiger partial charge is 0.490 e. The number of anilines is 1. The third kappa shape index (κ3) is 5.49. The van der Waals surface area contributed by atoms with Gasteiger partial charge in [-0.05, 0) is 31.2 Å². The van der Waals surface area contributed by atoms with Gasteiger partial charge in [-0.25, -0.2) is 19.2 Å². The number of carboxylic acid groups (broad SMARTS) is 1. The zero-order valence-corrected chi connectivity index (χ0v) is 19.9. The van der Waals surface area contributed by atoms with Crippen LogP contribution in [0.2, 0.25) is 5.02 Å². The third-order valence-corrected chi connectivity index (χ3v) is 5.86. The molecule has 5 rings (SSSR count). The number of alkyl halides is 3. The van der Waals surface area contributed by atoms with Gasteiger partial charge in [0.1, 0.15) is 5.52 Å². The molecule has 8 nitrogen and oxygen atoms in total. The van der Waals surface area contributed by atoms with Crippen molar-refractivity contribution in [3.8, 4) is 11.3 Å². The van der Waals surface area contributed by atoms with Crippen LogP contribution in [0.15, 0.2) is 36.7 Å². The van der Waals surface area contributed by atoms with E-state index in [1.54, 1.807) is 24.0 Å². The van der Waals surface area contributed by atoms with E-state index in [9.17, 15) is 17.6 Å². The molecule has 4 heterocycles. The van der Waals surface area contributed by atoms with Crippen molar-refractivity contribution < 1.29 is 27.5 Å². The first-order chi connectivity index (χ1) is 16.9. The third-order valence-electron chi connectivity index (χ3n) is 5.55. The molecule has 1 unspecified atom stereocenters. The number of carboxylic acids is 1. The molecule has 1 atom stereocenters. The first-order valence-corrected chi connectivity index (χ1v) is 11.2. The van der Waals surface area contributed by atoms with Crippen LogP contribution in [0.25, 0.3) is 33.2 Å². The number of aryl methyl sites for hydroxylation is 1. The van der Waals surface area contributed by atoms with Crippen LogP contribution in [0.4, 0.5) is 23.2 Å². The molecule has 0 aliphatic carbocycles. The summed E-state index contributed by atoms with van der Waals surface area (Å²) in [6, 6.07) is 7.53. The summed E-state index contributed by atoms with van der Waals surface area (Å²) in [5.74, 6) is -3.14. The highest BCUT2D eigenvalue weighted by Gasteiger charge is 2.38. The number of halogens is 5. The molecule has 3 aromatic heterocycles. The van der Waals surface area contributed by atoms with Crippen LogP contribution in [0.3, 0.4) is 0 Å². The molecule has 0 spiro atoms. The highest BCUT2D eigenvalue weighted by Crippen LogP contribution is 2.32. The highest BCUT2D eigenvalue weighted by molar-refractivity contribution is 6.35. The lowest BCUT2D eigenvalue weighted by molar-refractivity contribution is -0.192.